The Labute approximate surface area is 112 Å². The number of sulfonamides is 1. The first-order valence-corrected chi connectivity index (χ1v) is 8.67. The van der Waals surface area contributed by atoms with E-state index in [0.717, 1.165) is 29.8 Å². The summed E-state index contributed by atoms with van der Waals surface area (Å²) in [6.07, 6.45) is 3.09. The Kier molecular flexibility index (Phi) is 4.53. The molecule has 1 aromatic carbocycles. The van der Waals surface area contributed by atoms with Gasteiger partial charge in [-0.15, -0.1) is 11.8 Å². The van der Waals surface area contributed by atoms with Gasteiger partial charge in [-0.3, -0.25) is 0 Å². The average Bonchev–Trinajstić information content (AvgIpc) is 2.27. The van der Waals surface area contributed by atoms with Gasteiger partial charge in [-0.2, -0.15) is 0 Å². The number of hydrogen-bond donors (Lipinski definition) is 2. The first-order valence-electron chi connectivity index (χ1n) is 6.03. The molecule has 100 valence electrons. The fraction of sp³-hybridized carbons (Fsp3) is 0.500. The summed E-state index contributed by atoms with van der Waals surface area (Å²) >= 11 is 1.53. The molecule has 1 saturated carbocycles. The van der Waals surface area contributed by atoms with Crippen LogP contribution in [0.25, 0.3) is 0 Å². The average molecular weight is 286 g/mol. The Morgan fingerprint density at radius 1 is 1.28 bits per heavy atom. The monoisotopic (exact) mass is 286 g/mol. The van der Waals surface area contributed by atoms with Gasteiger partial charge in [0.2, 0.25) is 10.0 Å². The van der Waals surface area contributed by atoms with Gasteiger partial charge in [0.1, 0.15) is 0 Å². The molecule has 6 heteroatoms. The van der Waals surface area contributed by atoms with Gasteiger partial charge < -0.3 is 5.73 Å². The van der Waals surface area contributed by atoms with E-state index >= 15 is 0 Å². The predicted molar refractivity (Wildman–Crippen MR) is 76.1 cm³/mol. The van der Waals surface area contributed by atoms with Crippen molar-refractivity contribution < 1.29 is 8.42 Å². The molecular formula is C12H18N2O2S2. The molecule has 0 bridgehead atoms. The summed E-state index contributed by atoms with van der Waals surface area (Å²) < 4.78 is 26.2. The minimum Gasteiger partial charge on any atom is -0.399 e. The van der Waals surface area contributed by atoms with Gasteiger partial charge in [0.05, 0.1) is 5.75 Å². The summed E-state index contributed by atoms with van der Waals surface area (Å²) in [7, 11) is -3.12. The minimum absolute atomic E-state index is 0.165. The smallest absolute Gasteiger partial charge is 0.212 e. The van der Waals surface area contributed by atoms with Crippen LogP contribution in [0.5, 0.6) is 0 Å². The second-order valence-corrected chi connectivity index (χ2v) is 7.52. The first kappa shape index (κ1) is 13.7. The van der Waals surface area contributed by atoms with Crippen LogP contribution in [0.3, 0.4) is 0 Å². The van der Waals surface area contributed by atoms with Crippen LogP contribution in [0.1, 0.15) is 19.3 Å². The minimum atomic E-state index is -3.12. The number of benzene rings is 1. The largest absolute Gasteiger partial charge is 0.399 e. The van der Waals surface area contributed by atoms with Crippen molar-refractivity contribution in [2.45, 2.75) is 30.2 Å². The molecule has 0 aromatic heterocycles. The SMILES string of the molecule is Nc1ccc(SCCS(=O)(=O)NC2CCC2)cc1. The van der Waals surface area contributed by atoms with E-state index in [-0.39, 0.29) is 11.8 Å². The van der Waals surface area contributed by atoms with Gasteiger partial charge in [-0.05, 0) is 37.1 Å². The lowest BCUT2D eigenvalue weighted by molar-refractivity contribution is 0.384. The molecule has 0 radical (unpaired) electrons. The van der Waals surface area contributed by atoms with Gasteiger partial charge in [0.25, 0.3) is 0 Å². The van der Waals surface area contributed by atoms with E-state index in [2.05, 4.69) is 4.72 Å². The molecule has 0 unspecified atom stereocenters. The Balaban J connectivity index is 1.75. The number of nitrogens with two attached hydrogens (primary N) is 1. The van der Waals surface area contributed by atoms with Crippen LogP contribution < -0.4 is 10.5 Å². The number of anilines is 1. The highest BCUT2D eigenvalue weighted by molar-refractivity contribution is 8.00. The van der Waals surface area contributed by atoms with Crippen molar-refractivity contribution >= 4 is 27.5 Å². The zero-order chi connectivity index (χ0) is 13.0. The van der Waals surface area contributed by atoms with E-state index in [4.69, 9.17) is 5.73 Å². The first-order chi connectivity index (χ1) is 8.55. The molecule has 1 aliphatic carbocycles. The summed E-state index contributed by atoms with van der Waals surface area (Å²) in [4.78, 5) is 1.04. The van der Waals surface area contributed by atoms with Gasteiger partial charge in [-0.1, -0.05) is 6.42 Å². The van der Waals surface area contributed by atoms with E-state index in [0.29, 0.717) is 5.75 Å². The third-order valence-corrected chi connectivity index (χ3v) is 5.66. The van der Waals surface area contributed by atoms with Crippen LogP contribution in [0.4, 0.5) is 5.69 Å². The molecule has 0 aliphatic heterocycles. The van der Waals surface area contributed by atoms with E-state index in [1.54, 1.807) is 0 Å². The molecule has 0 amide bonds. The summed E-state index contributed by atoms with van der Waals surface area (Å²) in [5.74, 6) is 0.727. The predicted octanol–water partition coefficient (Wildman–Crippen LogP) is 1.83. The Bertz CT molecular complexity index is 481. The zero-order valence-corrected chi connectivity index (χ0v) is 11.8. The van der Waals surface area contributed by atoms with Crippen molar-refractivity contribution in [3.63, 3.8) is 0 Å². The molecule has 0 spiro atoms. The molecule has 3 N–H and O–H groups in total. The highest BCUT2D eigenvalue weighted by Crippen LogP contribution is 2.21. The van der Waals surface area contributed by atoms with Crippen LogP contribution in [0.2, 0.25) is 0 Å². The van der Waals surface area contributed by atoms with Crippen molar-refractivity contribution in [2.75, 3.05) is 17.2 Å². The van der Waals surface area contributed by atoms with Crippen molar-refractivity contribution in [1.29, 1.82) is 0 Å². The molecule has 0 atom stereocenters. The normalized spacial score (nSPS) is 16.4. The second kappa shape index (κ2) is 5.95. The molecule has 1 fully saturated rings. The molecule has 0 heterocycles. The van der Waals surface area contributed by atoms with Crippen molar-refractivity contribution in [3.05, 3.63) is 24.3 Å². The summed E-state index contributed by atoms with van der Waals surface area (Å²) in [6, 6.07) is 7.64. The number of nitrogen functional groups attached to an aromatic ring is 1. The molecule has 18 heavy (non-hydrogen) atoms. The standard InChI is InChI=1S/C12H18N2O2S2/c13-10-4-6-12(7-5-10)17-8-9-18(15,16)14-11-2-1-3-11/h4-7,11,14H,1-3,8-9,13H2. The molecule has 1 aliphatic rings. The van der Waals surface area contributed by atoms with Crippen molar-refractivity contribution in [2.24, 2.45) is 0 Å². The summed E-state index contributed by atoms with van der Waals surface area (Å²) in [6.45, 7) is 0. The van der Waals surface area contributed by atoms with Crippen LogP contribution in [0.15, 0.2) is 29.2 Å². The van der Waals surface area contributed by atoms with E-state index in [1.165, 1.54) is 11.8 Å². The second-order valence-electron chi connectivity index (χ2n) is 4.48. The topological polar surface area (TPSA) is 72.2 Å². The number of rotatable bonds is 6. The van der Waals surface area contributed by atoms with Crippen LogP contribution >= 0.6 is 11.8 Å². The fourth-order valence-corrected chi connectivity index (χ4v) is 4.31. The molecule has 0 saturated heterocycles. The lowest BCUT2D eigenvalue weighted by Crippen LogP contribution is -2.40. The highest BCUT2D eigenvalue weighted by atomic mass is 32.2. The van der Waals surface area contributed by atoms with Gasteiger partial charge in [0.15, 0.2) is 0 Å². The maximum absolute atomic E-state index is 11.7. The van der Waals surface area contributed by atoms with Crippen LogP contribution in [0, 0.1) is 0 Å². The molecular weight excluding hydrogens is 268 g/mol. The summed E-state index contributed by atoms with van der Waals surface area (Å²) in [5, 5.41) is 0. The lowest BCUT2D eigenvalue weighted by Gasteiger charge is -2.25. The molecule has 4 nitrogen and oxygen atoms in total. The third kappa shape index (κ3) is 4.19. The van der Waals surface area contributed by atoms with Gasteiger partial charge in [0, 0.05) is 22.4 Å². The maximum atomic E-state index is 11.7. The Morgan fingerprint density at radius 3 is 2.50 bits per heavy atom. The Hall–Kier alpha value is -0.720. The van der Waals surface area contributed by atoms with Gasteiger partial charge in [-0.25, -0.2) is 13.1 Å². The Morgan fingerprint density at radius 2 is 1.94 bits per heavy atom. The molecule has 1 aromatic rings. The van der Waals surface area contributed by atoms with Gasteiger partial charge >= 0.3 is 0 Å². The number of thioether (sulfide) groups is 1. The summed E-state index contributed by atoms with van der Waals surface area (Å²) in [5.41, 5.74) is 6.31. The zero-order valence-electron chi connectivity index (χ0n) is 10.1. The van der Waals surface area contributed by atoms with E-state index < -0.39 is 10.0 Å². The quantitative estimate of drug-likeness (QED) is 0.618. The van der Waals surface area contributed by atoms with Crippen LogP contribution in [-0.2, 0) is 10.0 Å². The van der Waals surface area contributed by atoms with E-state index in [1.807, 2.05) is 24.3 Å². The molecule has 2 rings (SSSR count). The lowest BCUT2D eigenvalue weighted by atomic mass is 9.94. The highest BCUT2D eigenvalue weighted by Gasteiger charge is 2.22. The van der Waals surface area contributed by atoms with Crippen LogP contribution in [-0.4, -0.2) is 26.0 Å². The fourth-order valence-electron chi connectivity index (χ4n) is 1.67. The van der Waals surface area contributed by atoms with E-state index in [9.17, 15) is 8.42 Å². The van der Waals surface area contributed by atoms with Crippen molar-refractivity contribution in [1.82, 2.24) is 4.72 Å². The number of nitrogens with one attached hydrogen (secondary N) is 1. The third-order valence-electron chi connectivity index (χ3n) is 2.95. The maximum Gasteiger partial charge on any atom is 0.212 e. The van der Waals surface area contributed by atoms with Crippen molar-refractivity contribution in [3.8, 4) is 0 Å². The number of hydrogen-bond acceptors (Lipinski definition) is 4.